The maximum atomic E-state index is 12.8. The van der Waals surface area contributed by atoms with Crippen molar-refractivity contribution in [3.8, 4) is 0 Å². The zero-order valence-electron chi connectivity index (χ0n) is 12.0. The molecule has 3 nitrogen and oxygen atoms in total. The van der Waals surface area contributed by atoms with Crippen molar-refractivity contribution >= 4 is 17.7 Å². The summed E-state index contributed by atoms with van der Waals surface area (Å²) < 4.78 is 0. The van der Waals surface area contributed by atoms with Crippen LogP contribution in [0, 0.1) is 0 Å². The second kappa shape index (κ2) is 6.31. The Bertz CT molecular complexity index is 626. The number of thioether (sulfide) groups is 1. The summed E-state index contributed by atoms with van der Waals surface area (Å²) in [5.41, 5.74) is 1.91. The van der Waals surface area contributed by atoms with Gasteiger partial charge >= 0.3 is 0 Å². The predicted octanol–water partition coefficient (Wildman–Crippen LogP) is 3.61. The monoisotopic (exact) mass is 298 g/mol. The zero-order valence-corrected chi connectivity index (χ0v) is 12.8. The quantitative estimate of drug-likeness (QED) is 0.791. The lowest BCUT2D eigenvalue weighted by molar-refractivity contribution is 0.0729. The van der Waals surface area contributed by atoms with Crippen LogP contribution in [0.4, 0.5) is 0 Å². The molecule has 4 heteroatoms. The molecule has 3 rings (SSSR count). The minimum atomic E-state index is 0.110. The Morgan fingerprint density at radius 3 is 2.71 bits per heavy atom. The summed E-state index contributed by atoms with van der Waals surface area (Å²) >= 11 is 1.56. The van der Waals surface area contributed by atoms with E-state index >= 15 is 0 Å². The maximum Gasteiger partial charge on any atom is 0.254 e. The van der Waals surface area contributed by atoms with Crippen molar-refractivity contribution in [2.75, 3.05) is 6.26 Å². The zero-order chi connectivity index (χ0) is 14.7. The molecule has 0 aliphatic heterocycles. The van der Waals surface area contributed by atoms with E-state index in [1.807, 2.05) is 41.5 Å². The van der Waals surface area contributed by atoms with E-state index in [1.54, 1.807) is 18.0 Å². The van der Waals surface area contributed by atoms with Crippen molar-refractivity contribution in [2.24, 2.45) is 0 Å². The van der Waals surface area contributed by atoms with Gasteiger partial charge in [0.25, 0.3) is 5.91 Å². The third-order valence-electron chi connectivity index (χ3n) is 3.64. The first kappa shape index (κ1) is 14.1. The molecule has 108 valence electrons. The lowest BCUT2D eigenvalue weighted by atomic mass is 10.1. The number of amides is 1. The van der Waals surface area contributed by atoms with Crippen molar-refractivity contribution in [2.45, 2.75) is 30.5 Å². The molecule has 0 N–H and O–H groups in total. The van der Waals surface area contributed by atoms with Gasteiger partial charge < -0.3 is 4.90 Å². The van der Waals surface area contributed by atoms with Crippen molar-refractivity contribution in [3.63, 3.8) is 0 Å². The van der Waals surface area contributed by atoms with Gasteiger partial charge in [-0.15, -0.1) is 11.8 Å². The molecule has 1 amide bonds. The Balaban J connectivity index is 1.81. The van der Waals surface area contributed by atoms with Crippen molar-refractivity contribution in [1.82, 2.24) is 9.88 Å². The smallest absolute Gasteiger partial charge is 0.254 e. The SMILES string of the molecule is CSc1cc(C(=O)N(Cc2ccccc2)C2CC2)ccn1. The lowest BCUT2D eigenvalue weighted by Crippen LogP contribution is -2.32. The van der Waals surface area contributed by atoms with Crippen LogP contribution in [-0.4, -0.2) is 28.1 Å². The van der Waals surface area contributed by atoms with Crippen molar-refractivity contribution in [1.29, 1.82) is 0 Å². The molecule has 21 heavy (non-hydrogen) atoms. The largest absolute Gasteiger partial charge is 0.331 e. The number of nitrogens with zero attached hydrogens (tertiary/aromatic N) is 2. The highest BCUT2D eigenvalue weighted by Crippen LogP contribution is 2.30. The standard InChI is InChI=1S/C17H18N2OS/c1-21-16-11-14(9-10-18-16)17(20)19(15-7-8-15)12-13-5-3-2-4-6-13/h2-6,9-11,15H,7-8,12H2,1H3. The average molecular weight is 298 g/mol. The van der Waals surface area contributed by atoms with E-state index in [-0.39, 0.29) is 5.91 Å². The van der Waals surface area contributed by atoms with Gasteiger partial charge in [-0.1, -0.05) is 30.3 Å². The minimum Gasteiger partial charge on any atom is -0.331 e. The van der Waals surface area contributed by atoms with Gasteiger partial charge in [-0.05, 0) is 36.8 Å². The Kier molecular flexibility index (Phi) is 4.25. The molecule has 1 aromatic carbocycles. The number of benzene rings is 1. The van der Waals surface area contributed by atoms with E-state index in [0.717, 1.165) is 23.4 Å². The Hall–Kier alpha value is -1.81. The highest BCUT2D eigenvalue weighted by Gasteiger charge is 2.33. The Morgan fingerprint density at radius 1 is 1.29 bits per heavy atom. The molecule has 0 spiro atoms. The first-order valence-corrected chi connectivity index (χ1v) is 8.35. The second-order valence-electron chi connectivity index (χ2n) is 5.24. The summed E-state index contributed by atoms with van der Waals surface area (Å²) in [7, 11) is 0. The van der Waals surface area contributed by atoms with Gasteiger partial charge in [-0.3, -0.25) is 4.79 Å². The van der Waals surface area contributed by atoms with Crippen LogP contribution in [0.1, 0.15) is 28.8 Å². The average Bonchev–Trinajstić information content (AvgIpc) is 3.38. The van der Waals surface area contributed by atoms with Crippen LogP contribution < -0.4 is 0 Å². The summed E-state index contributed by atoms with van der Waals surface area (Å²) in [6.45, 7) is 0.682. The molecule has 1 fully saturated rings. The van der Waals surface area contributed by atoms with E-state index in [1.165, 1.54) is 5.56 Å². The topological polar surface area (TPSA) is 33.2 Å². The van der Waals surface area contributed by atoms with Gasteiger partial charge in [0.05, 0.1) is 5.03 Å². The molecular weight excluding hydrogens is 280 g/mol. The van der Waals surface area contributed by atoms with Gasteiger partial charge in [-0.2, -0.15) is 0 Å². The van der Waals surface area contributed by atoms with E-state index < -0.39 is 0 Å². The molecule has 0 atom stereocenters. The molecular formula is C17H18N2OS. The molecule has 1 aliphatic rings. The number of rotatable bonds is 5. The van der Waals surface area contributed by atoms with Crippen LogP contribution in [0.3, 0.4) is 0 Å². The van der Waals surface area contributed by atoms with Crippen LogP contribution >= 0.6 is 11.8 Å². The van der Waals surface area contributed by atoms with E-state index in [9.17, 15) is 4.79 Å². The molecule has 0 radical (unpaired) electrons. The Labute approximate surface area is 129 Å². The van der Waals surface area contributed by atoms with Gasteiger partial charge in [0.15, 0.2) is 0 Å². The number of hydrogen-bond acceptors (Lipinski definition) is 3. The summed E-state index contributed by atoms with van der Waals surface area (Å²) in [4.78, 5) is 19.0. The van der Waals surface area contributed by atoms with Gasteiger partial charge in [-0.25, -0.2) is 4.98 Å². The number of carbonyl (C=O) groups is 1. The summed E-state index contributed by atoms with van der Waals surface area (Å²) in [5, 5.41) is 0.885. The molecule has 1 aliphatic carbocycles. The molecule has 1 saturated carbocycles. The fourth-order valence-electron chi connectivity index (χ4n) is 2.35. The first-order valence-electron chi connectivity index (χ1n) is 7.13. The normalized spacial score (nSPS) is 14.0. The number of carbonyl (C=O) groups excluding carboxylic acids is 1. The van der Waals surface area contributed by atoms with Crippen LogP contribution in [0.15, 0.2) is 53.7 Å². The van der Waals surface area contributed by atoms with Gasteiger partial charge in [0.1, 0.15) is 0 Å². The highest BCUT2D eigenvalue weighted by atomic mass is 32.2. The van der Waals surface area contributed by atoms with E-state index in [4.69, 9.17) is 0 Å². The van der Waals surface area contributed by atoms with E-state index in [0.29, 0.717) is 12.6 Å². The Morgan fingerprint density at radius 2 is 2.05 bits per heavy atom. The third kappa shape index (κ3) is 3.45. The van der Waals surface area contributed by atoms with Crippen LogP contribution in [0.25, 0.3) is 0 Å². The van der Waals surface area contributed by atoms with Gasteiger partial charge in [0.2, 0.25) is 0 Å². The molecule has 0 unspecified atom stereocenters. The third-order valence-corrected chi connectivity index (χ3v) is 4.28. The summed E-state index contributed by atoms with van der Waals surface area (Å²) in [6.07, 6.45) is 5.91. The summed E-state index contributed by atoms with van der Waals surface area (Å²) in [6, 6.07) is 14.3. The molecule has 1 heterocycles. The number of aromatic nitrogens is 1. The van der Waals surface area contributed by atoms with Gasteiger partial charge in [0, 0.05) is 24.3 Å². The van der Waals surface area contributed by atoms with Crippen molar-refractivity contribution in [3.05, 3.63) is 59.8 Å². The van der Waals surface area contributed by atoms with Crippen LogP contribution in [-0.2, 0) is 6.54 Å². The van der Waals surface area contributed by atoms with Crippen molar-refractivity contribution < 1.29 is 4.79 Å². The van der Waals surface area contributed by atoms with Crippen LogP contribution in [0.2, 0.25) is 0 Å². The lowest BCUT2D eigenvalue weighted by Gasteiger charge is -2.22. The minimum absolute atomic E-state index is 0.110. The predicted molar refractivity (Wildman–Crippen MR) is 85.4 cm³/mol. The first-order chi connectivity index (χ1) is 10.3. The maximum absolute atomic E-state index is 12.8. The summed E-state index contributed by atoms with van der Waals surface area (Å²) in [5.74, 6) is 0.110. The van der Waals surface area contributed by atoms with Crippen LogP contribution in [0.5, 0.6) is 0 Å². The molecule has 1 aromatic heterocycles. The molecule has 0 saturated heterocycles. The fourth-order valence-corrected chi connectivity index (χ4v) is 2.76. The molecule has 0 bridgehead atoms. The highest BCUT2D eigenvalue weighted by molar-refractivity contribution is 7.98. The molecule has 2 aromatic rings. The number of hydrogen-bond donors (Lipinski definition) is 0. The number of pyridine rings is 1. The second-order valence-corrected chi connectivity index (χ2v) is 6.06. The van der Waals surface area contributed by atoms with E-state index in [2.05, 4.69) is 17.1 Å². The fraction of sp³-hybridized carbons (Fsp3) is 0.294.